The molecular weight excluding hydrogens is 229 g/mol. The van der Waals surface area contributed by atoms with E-state index in [2.05, 4.69) is 6.58 Å². The quantitative estimate of drug-likeness (QED) is 0.215. The molecule has 0 aliphatic rings. The zero-order chi connectivity index (χ0) is 9.61. The van der Waals surface area contributed by atoms with Gasteiger partial charge < -0.3 is 24.2 Å². The van der Waals surface area contributed by atoms with E-state index in [1.165, 1.54) is 6.08 Å². The number of ether oxygens (including phenoxy) is 1. The molecule has 0 radical (unpaired) electrons. The number of aliphatic hydroxyl groups is 1. The minimum absolute atomic E-state index is 0. The zero-order valence-corrected chi connectivity index (χ0v) is 13.4. The number of hydrogen-bond donors (Lipinski definition) is 1. The minimum Gasteiger partial charge on any atom is -0.811 e. The smallest absolute Gasteiger partial charge is 0.811 e. The summed E-state index contributed by atoms with van der Waals surface area (Å²) in [6.07, 6.45) is -0.573. The summed E-state index contributed by atoms with van der Waals surface area (Å²) in [5.74, 6) is 0. The van der Waals surface area contributed by atoms with Crippen LogP contribution < -0.4 is 68.9 Å². The summed E-state index contributed by atoms with van der Waals surface area (Å²) in [5.41, 5.74) is 0. The van der Waals surface area contributed by atoms with Crippen LogP contribution >= 0.6 is 7.60 Å². The molecule has 0 aromatic heterocycles. The Labute approximate surface area is 128 Å². The van der Waals surface area contributed by atoms with Crippen LogP contribution in [0.3, 0.4) is 0 Å². The molecule has 72 valence electrons. The molecule has 0 spiro atoms. The molecule has 0 aromatic rings. The summed E-state index contributed by atoms with van der Waals surface area (Å²) >= 11 is 0. The van der Waals surface area contributed by atoms with E-state index in [0.717, 1.165) is 0 Å². The van der Waals surface area contributed by atoms with Gasteiger partial charge >= 0.3 is 59.1 Å². The Bertz CT molecular complexity index is 183. The van der Waals surface area contributed by atoms with Gasteiger partial charge in [0.25, 0.3) is 0 Å². The van der Waals surface area contributed by atoms with E-state index in [1.54, 1.807) is 0 Å². The number of rotatable bonds is 6. The molecule has 8 heteroatoms. The van der Waals surface area contributed by atoms with Crippen LogP contribution in [0.2, 0.25) is 0 Å². The summed E-state index contributed by atoms with van der Waals surface area (Å²) in [7, 11) is -4.63. The van der Waals surface area contributed by atoms with Crippen LogP contribution in [0.15, 0.2) is 12.7 Å². The third kappa shape index (κ3) is 16.2. The van der Waals surface area contributed by atoms with Gasteiger partial charge in [-0.1, -0.05) is 13.7 Å². The molecule has 1 N–H and O–H groups in total. The van der Waals surface area contributed by atoms with E-state index in [9.17, 15) is 14.4 Å². The minimum atomic E-state index is -4.63. The topological polar surface area (TPSA) is 92.7 Å². The van der Waals surface area contributed by atoms with Crippen molar-refractivity contribution in [2.24, 2.45) is 0 Å². The van der Waals surface area contributed by atoms with Gasteiger partial charge in [-0.2, -0.15) is 0 Å². The molecule has 0 aliphatic heterocycles. The van der Waals surface area contributed by atoms with Crippen LogP contribution in [0.1, 0.15) is 0 Å². The van der Waals surface area contributed by atoms with Gasteiger partial charge in [-0.25, -0.2) is 0 Å². The molecule has 0 aliphatic carbocycles. The van der Waals surface area contributed by atoms with Crippen LogP contribution in [0.25, 0.3) is 0 Å². The molecule has 0 bridgehead atoms. The molecule has 0 rings (SSSR count). The molecule has 5 nitrogen and oxygen atoms in total. The summed E-state index contributed by atoms with van der Waals surface area (Å²) in [5, 5.41) is 8.88. The molecule has 0 saturated carbocycles. The van der Waals surface area contributed by atoms with Gasteiger partial charge in [-0.15, -0.1) is 6.58 Å². The van der Waals surface area contributed by atoms with Gasteiger partial charge in [0.05, 0.1) is 19.3 Å². The fourth-order valence-corrected chi connectivity index (χ4v) is 1.22. The second-order valence-electron chi connectivity index (χ2n) is 2.27. The molecule has 1 atom stereocenters. The maximum atomic E-state index is 10.1. The van der Waals surface area contributed by atoms with Crippen LogP contribution in [0.4, 0.5) is 0 Å². The Morgan fingerprint density at radius 2 is 2.00 bits per heavy atom. The molecule has 0 aromatic carbocycles. The van der Waals surface area contributed by atoms with E-state index >= 15 is 0 Å². The third-order valence-electron chi connectivity index (χ3n) is 0.980. The summed E-state index contributed by atoms with van der Waals surface area (Å²) < 4.78 is 14.8. The molecule has 1 unspecified atom stereocenters. The Morgan fingerprint density at radius 1 is 1.50 bits per heavy atom. The van der Waals surface area contributed by atoms with Crippen molar-refractivity contribution in [3.05, 3.63) is 12.7 Å². The van der Waals surface area contributed by atoms with E-state index in [-0.39, 0.29) is 72.3 Å². The van der Waals surface area contributed by atoms with Crippen molar-refractivity contribution >= 4 is 7.60 Å². The zero-order valence-electron chi connectivity index (χ0n) is 8.51. The SMILES string of the molecule is C=CCOCC(O)CP(=O)([O-])[O-].[Na+].[Na+]. The number of hydrogen-bond acceptors (Lipinski definition) is 5. The Morgan fingerprint density at radius 3 is 2.36 bits per heavy atom. The van der Waals surface area contributed by atoms with E-state index in [0.29, 0.717) is 0 Å². The number of aliphatic hydroxyl groups excluding tert-OH is 1. The van der Waals surface area contributed by atoms with Gasteiger partial charge in [0.15, 0.2) is 0 Å². The average Bonchev–Trinajstić information content (AvgIpc) is 1.84. The third-order valence-corrected chi connectivity index (χ3v) is 1.85. The largest absolute Gasteiger partial charge is 1.00 e. The van der Waals surface area contributed by atoms with Crippen LogP contribution in [0, 0.1) is 0 Å². The Hall–Kier alpha value is 1.81. The molecule has 14 heavy (non-hydrogen) atoms. The first-order chi connectivity index (χ1) is 5.45. The molecule has 0 amide bonds. The predicted molar refractivity (Wildman–Crippen MR) is 39.5 cm³/mol. The van der Waals surface area contributed by atoms with Gasteiger partial charge in [-0.05, 0) is 0 Å². The molecular formula is C6H11Na2O5P. The maximum Gasteiger partial charge on any atom is 1.00 e. The van der Waals surface area contributed by atoms with Crippen LogP contribution in [0.5, 0.6) is 0 Å². The molecule has 0 fully saturated rings. The Balaban J connectivity index is -0.000000605. The van der Waals surface area contributed by atoms with E-state index in [4.69, 9.17) is 9.84 Å². The molecule has 0 heterocycles. The first-order valence-electron chi connectivity index (χ1n) is 3.33. The van der Waals surface area contributed by atoms with Crippen molar-refractivity contribution in [3.8, 4) is 0 Å². The normalized spacial score (nSPS) is 12.2. The van der Waals surface area contributed by atoms with Crippen LogP contribution in [-0.4, -0.2) is 30.6 Å². The first kappa shape index (κ1) is 21.1. The predicted octanol–water partition coefficient (Wildman–Crippen LogP) is -7.53. The maximum absolute atomic E-state index is 10.1. The first-order valence-corrected chi connectivity index (χ1v) is 5.06. The monoisotopic (exact) mass is 240 g/mol. The van der Waals surface area contributed by atoms with Crippen LogP contribution in [-0.2, 0) is 9.30 Å². The van der Waals surface area contributed by atoms with Crippen molar-refractivity contribution < 1.29 is 83.3 Å². The Kier molecular flexibility index (Phi) is 17.1. The molecule has 0 saturated heterocycles. The van der Waals surface area contributed by atoms with Gasteiger partial charge in [0.2, 0.25) is 0 Å². The van der Waals surface area contributed by atoms with Gasteiger partial charge in [-0.3, -0.25) is 0 Å². The second-order valence-corrected chi connectivity index (χ2v) is 3.86. The summed E-state index contributed by atoms with van der Waals surface area (Å²) in [6, 6.07) is 0. The summed E-state index contributed by atoms with van der Waals surface area (Å²) in [6.45, 7) is 3.40. The van der Waals surface area contributed by atoms with Gasteiger partial charge in [0, 0.05) is 6.16 Å². The van der Waals surface area contributed by atoms with Crippen molar-refractivity contribution in [2.45, 2.75) is 6.10 Å². The summed E-state index contributed by atoms with van der Waals surface area (Å²) in [4.78, 5) is 20.2. The fraction of sp³-hybridized carbons (Fsp3) is 0.667. The standard InChI is InChI=1S/C6H13O5P.2Na/c1-2-3-11-4-6(7)5-12(8,9)10;;/h2,6-7H,1,3-5H2,(H2,8,9,10);;/q;2*+1/p-2. The van der Waals surface area contributed by atoms with E-state index < -0.39 is 19.9 Å². The average molecular weight is 240 g/mol. The van der Waals surface area contributed by atoms with Gasteiger partial charge in [0.1, 0.15) is 0 Å². The van der Waals surface area contributed by atoms with Crippen molar-refractivity contribution in [3.63, 3.8) is 0 Å². The second kappa shape index (κ2) is 11.3. The fourth-order valence-electron chi connectivity index (χ4n) is 0.598. The van der Waals surface area contributed by atoms with E-state index in [1.807, 2.05) is 0 Å². The van der Waals surface area contributed by atoms with Crippen molar-refractivity contribution in [2.75, 3.05) is 19.4 Å². The van der Waals surface area contributed by atoms with Crippen molar-refractivity contribution in [1.82, 2.24) is 0 Å². The van der Waals surface area contributed by atoms with Crippen molar-refractivity contribution in [1.29, 1.82) is 0 Å².